The predicted octanol–water partition coefficient (Wildman–Crippen LogP) is 4.52. The second-order valence-electron chi connectivity index (χ2n) is 6.40. The highest BCUT2D eigenvalue weighted by molar-refractivity contribution is 14.0. The van der Waals surface area contributed by atoms with Crippen LogP contribution in [0.3, 0.4) is 0 Å². The number of para-hydroxylation sites is 1. The maximum atomic E-state index is 6.05. The van der Waals surface area contributed by atoms with E-state index in [2.05, 4.69) is 36.3 Å². The highest BCUT2D eigenvalue weighted by atomic mass is 127. The summed E-state index contributed by atoms with van der Waals surface area (Å²) >= 11 is 0. The van der Waals surface area contributed by atoms with E-state index in [4.69, 9.17) is 15.2 Å². The third kappa shape index (κ3) is 5.27. The van der Waals surface area contributed by atoms with Gasteiger partial charge in [0.05, 0.1) is 19.8 Å². The van der Waals surface area contributed by atoms with Crippen molar-refractivity contribution in [3.8, 4) is 11.5 Å². The van der Waals surface area contributed by atoms with Crippen LogP contribution in [0.5, 0.6) is 11.5 Å². The number of aliphatic imine (C=N–C) groups is 1. The van der Waals surface area contributed by atoms with Crippen molar-refractivity contribution in [1.29, 1.82) is 0 Å². The lowest BCUT2D eigenvalue weighted by atomic mass is 10.0. The van der Waals surface area contributed by atoms with Crippen LogP contribution in [0, 0.1) is 0 Å². The molecular weight excluding hydrogens is 441 g/mol. The largest absolute Gasteiger partial charge is 0.490 e. The first-order valence-corrected chi connectivity index (χ1v) is 8.68. The Morgan fingerprint density at radius 1 is 1.15 bits per heavy atom. The van der Waals surface area contributed by atoms with Gasteiger partial charge < -0.3 is 20.5 Å². The van der Waals surface area contributed by atoms with E-state index in [0.29, 0.717) is 31.6 Å². The van der Waals surface area contributed by atoms with E-state index >= 15 is 0 Å². The van der Waals surface area contributed by atoms with Gasteiger partial charge in [0.1, 0.15) is 0 Å². The summed E-state index contributed by atoms with van der Waals surface area (Å²) in [4.78, 5) is 4.45. The molecule has 2 aromatic carbocycles. The van der Waals surface area contributed by atoms with Gasteiger partial charge in [-0.3, -0.25) is 0 Å². The molecule has 26 heavy (non-hydrogen) atoms. The van der Waals surface area contributed by atoms with E-state index in [1.165, 1.54) is 5.56 Å². The molecule has 0 radical (unpaired) electrons. The summed E-state index contributed by atoms with van der Waals surface area (Å²) in [7, 11) is 0. The van der Waals surface area contributed by atoms with E-state index < -0.39 is 0 Å². The minimum Gasteiger partial charge on any atom is -0.490 e. The Bertz CT molecular complexity index is 762. The van der Waals surface area contributed by atoms with Crippen molar-refractivity contribution >= 4 is 35.6 Å². The number of hydrogen-bond acceptors (Lipinski definition) is 3. The molecule has 0 bridgehead atoms. The van der Waals surface area contributed by atoms with Crippen LogP contribution in [0.25, 0.3) is 0 Å². The molecule has 1 aliphatic rings. The summed E-state index contributed by atoms with van der Waals surface area (Å²) in [6.07, 6.45) is 0.882. The third-order valence-electron chi connectivity index (χ3n) is 4.10. The molecule has 0 spiro atoms. The summed E-state index contributed by atoms with van der Waals surface area (Å²) in [6, 6.07) is 14.1. The zero-order valence-corrected chi connectivity index (χ0v) is 17.5. The molecule has 0 unspecified atom stereocenters. The van der Waals surface area contributed by atoms with Crippen molar-refractivity contribution < 1.29 is 9.47 Å². The molecule has 3 N–H and O–H groups in total. The van der Waals surface area contributed by atoms with Gasteiger partial charge in [-0.25, -0.2) is 4.99 Å². The van der Waals surface area contributed by atoms with E-state index in [0.717, 1.165) is 29.2 Å². The fourth-order valence-electron chi connectivity index (χ4n) is 2.71. The lowest BCUT2D eigenvalue weighted by molar-refractivity contribution is 0.296. The molecule has 0 saturated heterocycles. The lowest BCUT2D eigenvalue weighted by Crippen LogP contribution is -2.22. The molecule has 140 valence electrons. The Kier molecular flexibility index (Phi) is 7.56. The van der Waals surface area contributed by atoms with Crippen LogP contribution in [0.2, 0.25) is 0 Å². The molecule has 0 atom stereocenters. The van der Waals surface area contributed by atoms with Gasteiger partial charge in [-0.1, -0.05) is 38.1 Å². The number of fused-ring (bicyclic) bond motifs is 1. The first kappa shape index (κ1) is 20.4. The van der Waals surface area contributed by atoms with Crippen molar-refractivity contribution in [2.45, 2.75) is 32.7 Å². The fourth-order valence-corrected chi connectivity index (χ4v) is 2.71. The van der Waals surface area contributed by atoms with Crippen LogP contribution in [0.1, 0.15) is 37.3 Å². The second-order valence-corrected chi connectivity index (χ2v) is 6.40. The number of nitrogens with zero attached hydrogens (tertiary/aromatic N) is 1. The number of benzene rings is 2. The minimum absolute atomic E-state index is 0. The second kappa shape index (κ2) is 9.66. The molecule has 1 heterocycles. The van der Waals surface area contributed by atoms with Gasteiger partial charge in [-0.15, -0.1) is 24.0 Å². The van der Waals surface area contributed by atoms with Crippen LogP contribution in [-0.4, -0.2) is 19.2 Å². The summed E-state index contributed by atoms with van der Waals surface area (Å²) in [5.74, 6) is 2.41. The number of nitrogens with two attached hydrogens (primary N) is 1. The zero-order chi connectivity index (χ0) is 17.6. The molecule has 0 saturated carbocycles. The Morgan fingerprint density at radius 3 is 2.73 bits per heavy atom. The normalized spacial score (nSPS) is 13.7. The predicted molar refractivity (Wildman–Crippen MR) is 117 cm³/mol. The summed E-state index contributed by atoms with van der Waals surface area (Å²) < 4.78 is 11.5. The molecule has 0 fully saturated rings. The first-order valence-electron chi connectivity index (χ1n) is 8.68. The Labute approximate surface area is 172 Å². The number of hydrogen-bond donors (Lipinski definition) is 2. The number of halogens is 1. The number of rotatable bonds is 4. The third-order valence-corrected chi connectivity index (χ3v) is 4.10. The highest BCUT2D eigenvalue weighted by Crippen LogP contribution is 2.33. The molecule has 1 aliphatic heterocycles. The number of ether oxygens (including phenoxy) is 2. The molecule has 0 aliphatic carbocycles. The van der Waals surface area contributed by atoms with E-state index in [1.54, 1.807) is 0 Å². The Balaban J connectivity index is 0.00000243. The molecule has 2 aromatic rings. The maximum absolute atomic E-state index is 6.05. The summed E-state index contributed by atoms with van der Waals surface area (Å²) in [5, 5.41) is 3.16. The van der Waals surface area contributed by atoms with Gasteiger partial charge in [0.15, 0.2) is 17.5 Å². The van der Waals surface area contributed by atoms with Crippen LogP contribution in [0.15, 0.2) is 47.5 Å². The van der Waals surface area contributed by atoms with Crippen molar-refractivity contribution in [2.75, 3.05) is 18.5 Å². The first-order chi connectivity index (χ1) is 12.1. The van der Waals surface area contributed by atoms with Crippen LogP contribution >= 0.6 is 24.0 Å². The van der Waals surface area contributed by atoms with Gasteiger partial charge >= 0.3 is 0 Å². The van der Waals surface area contributed by atoms with Gasteiger partial charge in [-0.2, -0.15) is 0 Å². The van der Waals surface area contributed by atoms with E-state index in [1.807, 2.05) is 30.3 Å². The van der Waals surface area contributed by atoms with Gasteiger partial charge in [-0.05, 0) is 29.7 Å². The highest BCUT2D eigenvalue weighted by Gasteiger charge is 2.14. The molecule has 6 heteroatoms. The number of anilines is 1. The smallest absolute Gasteiger partial charge is 0.193 e. The zero-order valence-electron chi connectivity index (χ0n) is 15.2. The van der Waals surface area contributed by atoms with Gasteiger partial charge in [0.25, 0.3) is 0 Å². The van der Waals surface area contributed by atoms with E-state index in [-0.39, 0.29) is 24.0 Å². The summed E-state index contributed by atoms with van der Waals surface area (Å²) in [5.41, 5.74) is 9.23. The number of guanidine groups is 1. The van der Waals surface area contributed by atoms with Gasteiger partial charge in [0.2, 0.25) is 0 Å². The Hall–Kier alpha value is -1.96. The quantitative estimate of drug-likeness (QED) is 0.394. The Morgan fingerprint density at radius 2 is 1.92 bits per heavy atom. The average molecular weight is 467 g/mol. The maximum Gasteiger partial charge on any atom is 0.193 e. The van der Waals surface area contributed by atoms with E-state index in [9.17, 15) is 0 Å². The standard InChI is InChI=1S/C20H25N3O2.HI/c1-14(2)15-6-3-8-17(12-15)23-20(21)22-13-16-7-4-9-18-19(16)25-11-5-10-24-18;/h3-4,6-9,12,14H,5,10-11,13H2,1-2H3,(H3,21,22,23);1H. The molecule has 3 rings (SSSR count). The molecule has 5 nitrogen and oxygen atoms in total. The SMILES string of the molecule is CC(C)c1cccc(NC(N)=NCc2cccc3c2OCCCO3)c1.I. The van der Waals surface area contributed by atoms with Crippen LogP contribution in [-0.2, 0) is 6.54 Å². The van der Waals surface area contributed by atoms with Crippen molar-refractivity contribution in [3.63, 3.8) is 0 Å². The lowest BCUT2D eigenvalue weighted by Gasteiger charge is -2.12. The topological polar surface area (TPSA) is 68.9 Å². The summed E-state index contributed by atoms with van der Waals surface area (Å²) in [6.45, 7) is 6.10. The minimum atomic E-state index is 0. The van der Waals surface area contributed by atoms with Crippen molar-refractivity contribution in [2.24, 2.45) is 10.7 Å². The van der Waals surface area contributed by atoms with Crippen LogP contribution in [0.4, 0.5) is 5.69 Å². The number of nitrogens with one attached hydrogen (secondary N) is 1. The molecular formula is C20H26IN3O2. The van der Waals surface area contributed by atoms with Crippen LogP contribution < -0.4 is 20.5 Å². The van der Waals surface area contributed by atoms with Gasteiger partial charge in [0, 0.05) is 17.7 Å². The fraction of sp³-hybridized carbons (Fsp3) is 0.350. The van der Waals surface area contributed by atoms with Crippen molar-refractivity contribution in [1.82, 2.24) is 0 Å². The average Bonchev–Trinajstić information content (AvgIpc) is 2.86. The van der Waals surface area contributed by atoms with Crippen molar-refractivity contribution in [3.05, 3.63) is 53.6 Å². The molecule has 0 amide bonds. The monoisotopic (exact) mass is 467 g/mol. The molecule has 0 aromatic heterocycles.